The van der Waals surface area contributed by atoms with Gasteiger partial charge >= 0.3 is 0 Å². The van der Waals surface area contributed by atoms with Crippen LogP contribution in [0.5, 0.6) is 5.75 Å². The van der Waals surface area contributed by atoms with E-state index in [0.29, 0.717) is 6.61 Å². The van der Waals surface area contributed by atoms with Gasteiger partial charge in [0.05, 0.1) is 0 Å². The first kappa shape index (κ1) is 12.1. The highest BCUT2D eigenvalue weighted by Crippen LogP contribution is 2.22. The Morgan fingerprint density at radius 2 is 1.74 bits per heavy atom. The number of nitrogens with zero attached hydrogens (tertiary/aromatic N) is 1. The molecule has 2 aromatic rings. The van der Waals surface area contributed by atoms with Gasteiger partial charge in [0.25, 0.3) is 0 Å². The number of hydrogen-bond acceptors (Lipinski definition) is 3. The summed E-state index contributed by atoms with van der Waals surface area (Å²) in [5.41, 5.74) is 9.33. The van der Waals surface area contributed by atoms with Crippen LogP contribution in [0.1, 0.15) is 11.1 Å². The first-order valence-corrected chi connectivity index (χ1v) is 6.59. The summed E-state index contributed by atoms with van der Waals surface area (Å²) in [5, 5.41) is 0. The van der Waals surface area contributed by atoms with Crippen LogP contribution in [-0.2, 0) is 13.1 Å². The van der Waals surface area contributed by atoms with E-state index in [9.17, 15) is 0 Å². The smallest absolute Gasteiger partial charge is 0.121 e. The Morgan fingerprint density at radius 1 is 1.00 bits per heavy atom. The van der Waals surface area contributed by atoms with Crippen molar-refractivity contribution in [1.29, 1.82) is 0 Å². The number of fused-ring (bicyclic) bond motifs is 1. The SMILES string of the molecule is Nc1cccc(OCCN2Cc3ccccc3C2)c1. The van der Waals surface area contributed by atoms with Crippen molar-refractivity contribution in [2.45, 2.75) is 13.1 Å². The van der Waals surface area contributed by atoms with E-state index in [1.807, 2.05) is 24.3 Å². The Labute approximate surface area is 113 Å². The van der Waals surface area contributed by atoms with Gasteiger partial charge in [-0.15, -0.1) is 0 Å². The molecule has 2 aromatic carbocycles. The molecule has 0 amide bonds. The van der Waals surface area contributed by atoms with Crippen LogP contribution >= 0.6 is 0 Å². The van der Waals surface area contributed by atoms with Gasteiger partial charge in [0.2, 0.25) is 0 Å². The summed E-state index contributed by atoms with van der Waals surface area (Å²) < 4.78 is 5.73. The first-order chi connectivity index (χ1) is 9.31. The lowest BCUT2D eigenvalue weighted by Crippen LogP contribution is -2.22. The number of nitrogen functional groups attached to an aromatic ring is 1. The predicted octanol–water partition coefficient (Wildman–Crippen LogP) is 2.66. The highest BCUT2D eigenvalue weighted by Gasteiger charge is 2.17. The Bertz CT molecular complexity index is 543. The lowest BCUT2D eigenvalue weighted by Gasteiger charge is -2.15. The molecule has 0 bridgehead atoms. The van der Waals surface area contributed by atoms with Crippen molar-refractivity contribution in [3.05, 3.63) is 59.7 Å². The van der Waals surface area contributed by atoms with Gasteiger partial charge in [0, 0.05) is 31.4 Å². The fourth-order valence-electron chi connectivity index (χ4n) is 2.46. The molecule has 1 heterocycles. The molecule has 0 atom stereocenters. The molecule has 0 fully saturated rings. The molecule has 19 heavy (non-hydrogen) atoms. The Morgan fingerprint density at radius 3 is 2.42 bits per heavy atom. The average Bonchev–Trinajstić information content (AvgIpc) is 2.81. The summed E-state index contributed by atoms with van der Waals surface area (Å²) in [4.78, 5) is 2.40. The van der Waals surface area contributed by atoms with E-state index in [4.69, 9.17) is 10.5 Å². The zero-order valence-electron chi connectivity index (χ0n) is 10.9. The monoisotopic (exact) mass is 254 g/mol. The molecule has 0 unspecified atom stereocenters. The average molecular weight is 254 g/mol. The number of benzene rings is 2. The van der Waals surface area contributed by atoms with E-state index in [-0.39, 0.29) is 0 Å². The highest BCUT2D eigenvalue weighted by atomic mass is 16.5. The second-order valence-corrected chi connectivity index (χ2v) is 4.90. The van der Waals surface area contributed by atoms with Crippen molar-refractivity contribution in [2.75, 3.05) is 18.9 Å². The Hall–Kier alpha value is -2.00. The van der Waals surface area contributed by atoms with Gasteiger partial charge in [0.15, 0.2) is 0 Å². The van der Waals surface area contributed by atoms with Crippen LogP contribution in [0, 0.1) is 0 Å². The summed E-state index contributed by atoms with van der Waals surface area (Å²) in [6.07, 6.45) is 0. The van der Waals surface area contributed by atoms with Gasteiger partial charge in [-0.1, -0.05) is 30.3 Å². The Balaban J connectivity index is 1.50. The van der Waals surface area contributed by atoms with E-state index >= 15 is 0 Å². The molecule has 98 valence electrons. The van der Waals surface area contributed by atoms with E-state index in [1.165, 1.54) is 11.1 Å². The van der Waals surface area contributed by atoms with Crippen LogP contribution in [0.15, 0.2) is 48.5 Å². The van der Waals surface area contributed by atoms with Crippen LogP contribution in [-0.4, -0.2) is 18.1 Å². The maximum Gasteiger partial charge on any atom is 0.121 e. The minimum absolute atomic E-state index is 0.692. The summed E-state index contributed by atoms with van der Waals surface area (Å²) in [6.45, 7) is 3.67. The zero-order chi connectivity index (χ0) is 13.1. The second kappa shape index (κ2) is 5.33. The largest absolute Gasteiger partial charge is 0.492 e. The zero-order valence-corrected chi connectivity index (χ0v) is 10.9. The lowest BCUT2D eigenvalue weighted by molar-refractivity contribution is 0.211. The van der Waals surface area contributed by atoms with Crippen molar-refractivity contribution in [3.63, 3.8) is 0 Å². The summed E-state index contributed by atoms with van der Waals surface area (Å²) in [5.74, 6) is 0.844. The van der Waals surface area contributed by atoms with Gasteiger partial charge in [-0.05, 0) is 23.3 Å². The number of ether oxygens (including phenoxy) is 1. The van der Waals surface area contributed by atoms with Gasteiger partial charge in [-0.25, -0.2) is 0 Å². The maximum absolute atomic E-state index is 5.73. The highest BCUT2D eigenvalue weighted by molar-refractivity contribution is 5.43. The summed E-state index contributed by atoms with van der Waals surface area (Å²) in [6, 6.07) is 16.2. The van der Waals surface area contributed by atoms with Crippen molar-refractivity contribution < 1.29 is 4.74 Å². The van der Waals surface area contributed by atoms with E-state index in [1.54, 1.807) is 0 Å². The fraction of sp³-hybridized carbons (Fsp3) is 0.250. The Kier molecular flexibility index (Phi) is 3.38. The summed E-state index contributed by atoms with van der Waals surface area (Å²) >= 11 is 0. The molecule has 3 heteroatoms. The van der Waals surface area contributed by atoms with Gasteiger partial charge in [-0.3, -0.25) is 4.90 Å². The van der Waals surface area contributed by atoms with Crippen molar-refractivity contribution in [1.82, 2.24) is 4.90 Å². The standard InChI is InChI=1S/C16H18N2O/c17-15-6-3-7-16(10-15)19-9-8-18-11-13-4-1-2-5-14(13)12-18/h1-7,10H,8-9,11-12,17H2. The number of hydrogen-bond donors (Lipinski definition) is 1. The lowest BCUT2D eigenvalue weighted by atomic mass is 10.1. The molecular weight excluding hydrogens is 236 g/mol. The van der Waals surface area contributed by atoms with Gasteiger partial charge in [-0.2, -0.15) is 0 Å². The molecule has 1 aliphatic heterocycles. The maximum atomic E-state index is 5.73. The molecule has 0 aliphatic carbocycles. The van der Waals surface area contributed by atoms with Crippen molar-refractivity contribution in [2.24, 2.45) is 0 Å². The molecule has 3 rings (SSSR count). The molecule has 0 saturated carbocycles. The van der Waals surface area contributed by atoms with E-state index in [2.05, 4.69) is 29.2 Å². The molecular formula is C16H18N2O. The van der Waals surface area contributed by atoms with Crippen LogP contribution in [0.2, 0.25) is 0 Å². The van der Waals surface area contributed by atoms with E-state index < -0.39 is 0 Å². The number of rotatable bonds is 4. The quantitative estimate of drug-likeness (QED) is 0.852. The van der Waals surface area contributed by atoms with Gasteiger partial charge < -0.3 is 10.5 Å². The summed E-state index contributed by atoms with van der Waals surface area (Å²) in [7, 11) is 0. The number of nitrogens with two attached hydrogens (primary N) is 1. The van der Waals surface area contributed by atoms with Crippen LogP contribution in [0.4, 0.5) is 5.69 Å². The molecule has 0 radical (unpaired) electrons. The molecule has 0 aromatic heterocycles. The van der Waals surface area contributed by atoms with Crippen molar-refractivity contribution >= 4 is 5.69 Å². The molecule has 1 aliphatic rings. The third-order valence-corrected chi connectivity index (χ3v) is 3.44. The predicted molar refractivity (Wildman–Crippen MR) is 76.9 cm³/mol. The number of anilines is 1. The fourth-order valence-corrected chi connectivity index (χ4v) is 2.46. The minimum atomic E-state index is 0.692. The van der Waals surface area contributed by atoms with Gasteiger partial charge in [0.1, 0.15) is 12.4 Å². The molecule has 3 nitrogen and oxygen atoms in total. The first-order valence-electron chi connectivity index (χ1n) is 6.59. The van der Waals surface area contributed by atoms with Crippen LogP contribution in [0.3, 0.4) is 0 Å². The second-order valence-electron chi connectivity index (χ2n) is 4.90. The van der Waals surface area contributed by atoms with E-state index in [0.717, 1.165) is 31.1 Å². The third-order valence-electron chi connectivity index (χ3n) is 3.44. The van der Waals surface area contributed by atoms with Crippen LogP contribution < -0.4 is 10.5 Å². The molecule has 0 spiro atoms. The third kappa shape index (κ3) is 2.88. The minimum Gasteiger partial charge on any atom is -0.492 e. The van der Waals surface area contributed by atoms with Crippen molar-refractivity contribution in [3.8, 4) is 5.75 Å². The topological polar surface area (TPSA) is 38.5 Å². The molecule has 0 saturated heterocycles. The van der Waals surface area contributed by atoms with Crippen LogP contribution in [0.25, 0.3) is 0 Å². The molecule has 2 N–H and O–H groups in total. The normalized spacial score (nSPS) is 14.3.